The van der Waals surface area contributed by atoms with Crippen LogP contribution in [-0.4, -0.2) is 17.3 Å². The summed E-state index contributed by atoms with van der Waals surface area (Å²) in [6.45, 7) is 11.4. The van der Waals surface area contributed by atoms with Crippen LogP contribution in [0.15, 0.2) is 0 Å². The lowest BCUT2D eigenvalue weighted by Gasteiger charge is -2.52. The first kappa shape index (κ1) is 14.0. The fraction of sp³-hybridized carbons (Fsp3) is 1.00. The molecule has 2 heteroatoms. The molecule has 96 valence electrons. The Bertz CT molecular complexity index is 233. The van der Waals surface area contributed by atoms with Gasteiger partial charge in [-0.2, -0.15) is 0 Å². The van der Waals surface area contributed by atoms with Crippen LogP contribution in [0.3, 0.4) is 0 Å². The first-order valence-corrected chi connectivity index (χ1v) is 6.59. The van der Waals surface area contributed by atoms with Gasteiger partial charge in [-0.15, -0.1) is 0 Å². The SMILES string of the molecule is CC(C)C(C)(O)C1(CN)CCC(C)(C)CC1. The van der Waals surface area contributed by atoms with Gasteiger partial charge in [0.25, 0.3) is 0 Å². The maximum Gasteiger partial charge on any atom is 0.0710 e. The number of rotatable bonds is 3. The molecule has 0 aliphatic heterocycles. The van der Waals surface area contributed by atoms with E-state index in [4.69, 9.17) is 5.73 Å². The zero-order valence-corrected chi connectivity index (χ0v) is 11.6. The Morgan fingerprint density at radius 2 is 1.62 bits per heavy atom. The molecule has 0 aromatic heterocycles. The van der Waals surface area contributed by atoms with Crippen LogP contribution < -0.4 is 5.73 Å². The third-order valence-corrected chi connectivity index (χ3v) is 5.15. The molecule has 2 nitrogen and oxygen atoms in total. The second kappa shape index (κ2) is 4.30. The van der Waals surface area contributed by atoms with Crippen molar-refractivity contribution in [2.75, 3.05) is 6.54 Å². The third kappa shape index (κ3) is 2.28. The van der Waals surface area contributed by atoms with Gasteiger partial charge in [-0.3, -0.25) is 0 Å². The topological polar surface area (TPSA) is 46.2 Å². The van der Waals surface area contributed by atoms with E-state index in [-0.39, 0.29) is 11.3 Å². The molecular formula is C14H29NO. The van der Waals surface area contributed by atoms with Gasteiger partial charge in [0.15, 0.2) is 0 Å². The van der Waals surface area contributed by atoms with Gasteiger partial charge in [-0.05, 0) is 43.9 Å². The van der Waals surface area contributed by atoms with E-state index in [0.29, 0.717) is 12.0 Å². The molecule has 0 bridgehead atoms. The van der Waals surface area contributed by atoms with Crippen LogP contribution in [0.5, 0.6) is 0 Å². The van der Waals surface area contributed by atoms with Crippen LogP contribution in [0.1, 0.15) is 60.3 Å². The highest BCUT2D eigenvalue weighted by molar-refractivity contribution is 5.02. The van der Waals surface area contributed by atoms with E-state index in [1.165, 1.54) is 12.8 Å². The Kier molecular flexibility index (Phi) is 3.76. The van der Waals surface area contributed by atoms with Crippen LogP contribution in [0.4, 0.5) is 0 Å². The van der Waals surface area contributed by atoms with Crippen LogP contribution in [0.2, 0.25) is 0 Å². The average molecular weight is 227 g/mol. The van der Waals surface area contributed by atoms with Gasteiger partial charge in [0.05, 0.1) is 5.60 Å². The summed E-state index contributed by atoms with van der Waals surface area (Å²) < 4.78 is 0. The van der Waals surface area contributed by atoms with Crippen molar-refractivity contribution in [1.29, 1.82) is 0 Å². The van der Waals surface area contributed by atoms with E-state index in [9.17, 15) is 5.11 Å². The minimum Gasteiger partial charge on any atom is -0.389 e. The normalized spacial score (nSPS) is 27.8. The minimum atomic E-state index is -0.641. The second-order valence-electron chi connectivity index (χ2n) is 6.95. The first-order valence-electron chi connectivity index (χ1n) is 6.59. The highest BCUT2D eigenvalue weighted by atomic mass is 16.3. The molecule has 1 fully saturated rings. The number of hydrogen-bond donors (Lipinski definition) is 2. The van der Waals surface area contributed by atoms with Crippen LogP contribution in [0.25, 0.3) is 0 Å². The summed E-state index contributed by atoms with van der Waals surface area (Å²) in [6.07, 6.45) is 4.46. The summed E-state index contributed by atoms with van der Waals surface area (Å²) in [5.41, 5.74) is 5.70. The van der Waals surface area contributed by atoms with Crippen LogP contribution >= 0.6 is 0 Å². The molecule has 0 radical (unpaired) electrons. The minimum absolute atomic E-state index is 0.0727. The third-order valence-electron chi connectivity index (χ3n) is 5.15. The summed E-state index contributed by atoms with van der Waals surface area (Å²) in [5.74, 6) is 0.261. The Morgan fingerprint density at radius 3 is 1.94 bits per heavy atom. The smallest absolute Gasteiger partial charge is 0.0710 e. The second-order valence-corrected chi connectivity index (χ2v) is 6.95. The van der Waals surface area contributed by atoms with Gasteiger partial charge in [-0.1, -0.05) is 27.7 Å². The Labute approximate surface area is 101 Å². The van der Waals surface area contributed by atoms with Crippen molar-refractivity contribution >= 4 is 0 Å². The zero-order valence-electron chi connectivity index (χ0n) is 11.6. The highest BCUT2D eigenvalue weighted by Crippen LogP contribution is 2.51. The van der Waals surface area contributed by atoms with Crippen molar-refractivity contribution in [2.24, 2.45) is 22.5 Å². The molecule has 1 saturated carbocycles. The van der Waals surface area contributed by atoms with E-state index in [0.717, 1.165) is 12.8 Å². The lowest BCUT2D eigenvalue weighted by atomic mass is 9.56. The summed E-state index contributed by atoms with van der Waals surface area (Å²) in [7, 11) is 0. The Balaban J connectivity index is 2.89. The fourth-order valence-corrected chi connectivity index (χ4v) is 2.93. The van der Waals surface area contributed by atoms with Crippen LogP contribution in [-0.2, 0) is 0 Å². The highest BCUT2D eigenvalue weighted by Gasteiger charge is 2.50. The molecule has 0 spiro atoms. The summed E-state index contributed by atoms with van der Waals surface area (Å²) in [6, 6.07) is 0. The van der Waals surface area contributed by atoms with Crippen molar-refractivity contribution in [2.45, 2.75) is 65.9 Å². The van der Waals surface area contributed by atoms with Gasteiger partial charge in [-0.25, -0.2) is 0 Å². The molecule has 1 aliphatic carbocycles. The van der Waals surface area contributed by atoms with Crippen molar-refractivity contribution in [3.63, 3.8) is 0 Å². The molecule has 16 heavy (non-hydrogen) atoms. The molecule has 1 aliphatic rings. The summed E-state index contributed by atoms with van der Waals surface area (Å²) in [5, 5.41) is 10.8. The van der Waals surface area contributed by atoms with E-state index in [1.54, 1.807) is 0 Å². The molecule has 3 N–H and O–H groups in total. The van der Waals surface area contributed by atoms with Gasteiger partial charge < -0.3 is 10.8 Å². The van der Waals surface area contributed by atoms with Gasteiger partial charge in [0.2, 0.25) is 0 Å². The molecule has 0 heterocycles. The first-order chi connectivity index (χ1) is 7.17. The lowest BCUT2D eigenvalue weighted by Crippen LogP contribution is -2.56. The summed E-state index contributed by atoms with van der Waals surface area (Å²) in [4.78, 5) is 0. The fourth-order valence-electron chi connectivity index (χ4n) is 2.93. The average Bonchev–Trinajstić information content (AvgIpc) is 2.18. The molecule has 0 saturated heterocycles. The number of hydrogen-bond acceptors (Lipinski definition) is 2. The standard InChI is InChI=1S/C14H29NO/c1-11(2)13(5,16)14(10-15)8-6-12(3,4)7-9-14/h11,16H,6-10,15H2,1-5H3. The molecule has 1 rings (SSSR count). The largest absolute Gasteiger partial charge is 0.389 e. The van der Waals surface area contributed by atoms with E-state index in [1.807, 2.05) is 6.92 Å². The lowest BCUT2D eigenvalue weighted by molar-refractivity contribution is -0.127. The van der Waals surface area contributed by atoms with Crippen molar-refractivity contribution in [1.82, 2.24) is 0 Å². The molecule has 0 aromatic rings. The maximum absolute atomic E-state index is 10.8. The predicted octanol–water partition coefficient (Wildman–Crippen LogP) is 2.94. The summed E-state index contributed by atoms with van der Waals surface area (Å²) >= 11 is 0. The molecular weight excluding hydrogens is 198 g/mol. The van der Waals surface area contributed by atoms with E-state index in [2.05, 4.69) is 27.7 Å². The van der Waals surface area contributed by atoms with E-state index < -0.39 is 5.60 Å². The molecule has 1 unspecified atom stereocenters. The monoisotopic (exact) mass is 227 g/mol. The number of nitrogens with two attached hydrogens (primary N) is 1. The number of aliphatic hydroxyl groups is 1. The maximum atomic E-state index is 10.8. The van der Waals surface area contributed by atoms with Crippen LogP contribution in [0, 0.1) is 16.7 Å². The predicted molar refractivity (Wildman–Crippen MR) is 69.2 cm³/mol. The zero-order chi connectivity index (χ0) is 12.6. The van der Waals surface area contributed by atoms with E-state index >= 15 is 0 Å². The van der Waals surface area contributed by atoms with Crippen molar-refractivity contribution in [3.8, 4) is 0 Å². The Morgan fingerprint density at radius 1 is 1.19 bits per heavy atom. The molecule has 1 atom stereocenters. The van der Waals surface area contributed by atoms with Crippen molar-refractivity contribution < 1.29 is 5.11 Å². The van der Waals surface area contributed by atoms with Crippen molar-refractivity contribution in [3.05, 3.63) is 0 Å². The quantitative estimate of drug-likeness (QED) is 0.778. The van der Waals surface area contributed by atoms with Gasteiger partial charge in [0, 0.05) is 12.0 Å². The van der Waals surface area contributed by atoms with Gasteiger partial charge >= 0.3 is 0 Å². The Hall–Kier alpha value is -0.0800. The van der Waals surface area contributed by atoms with Gasteiger partial charge in [0.1, 0.15) is 0 Å². The molecule has 0 aromatic carbocycles. The molecule has 0 amide bonds.